The number of benzene rings is 9. The molecule has 0 saturated carbocycles. The Labute approximate surface area is 339 Å². The van der Waals surface area contributed by atoms with Crippen molar-refractivity contribution in [2.45, 2.75) is 12.8 Å². The maximum absolute atomic E-state index is 2.43. The number of hydrogen-bond donors (Lipinski definition) is 0. The Bertz CT molecular complexity index is 3110. The lowest BCUT2D eigenvalue weighted by Crippen LogP contribution is -2.11. The number of nitrogens with zero attached hydrogens (tertiary/aromatic N) is 2. The topological polar surface area (TPSA) is 8.17 Å². The van der Waals surface area contributed by atoms with Crippen molar-refractivity contribution < 1.29 is 0 Å². The van der Waals surface area contributed by atoms with Crippen LogP contribution in [0.25, 0.3) is 77.7 Å². The number of para-hydroxylation sites is 4. The number of hydrogen-bond acceptors (Lipinski definition) is 1. The van der Waals surface area contributed by atoms with E-state index in [-0.39, 0.29) is 0 Å². The molecule has 1 aliphatic rings. The predicted octanol–water partition coefficient (Wildman–Crippen LogP) is 15.4. The van der Waals surface area contributed by atoms with Crippen LogP contribution in [-0.4, -0.2) is 4.57 Å². The van der Waals surface area contributed by atoms with Crippen LogP contribution >= 0.6 is 0 Å². The fraction of sp³-hybridized carbons (Fsp3) is 0.0357. The molecule has 0 fully saturated rings. The van der Waals surface area contributed by atoms with Gasteiger partial charge in [-0.3, -0.25) is 0 Å². The zero-order chi connectivity index (χ0) is 38.4. The minimum Gasteiger partial charge on any atom is -0.310 e. The molecule has 0 N–H and O–H groups in total. The quantitative estimate of drug-likeness (QED) is 0.158. The van der Waals surface area contributed by atoms with Crippen molar-refractivity contribution in [3.63, 3.8) is 0 Å². The molecule has 2 nitrogen and oxygen atoms in total. The highest BCUT2D eigenvalue weighted by Crippen LogP contribution is 2.45. The van der Waals surface area contributed by atoms with Crippen LogP contribution < -0.4 is 4.90 Å². The molecular formula is C56H40N2. The van der Waals surface area contributed by atoms with Gasteiger partial charge in [0.1, 0.15) is 0 Å². The van der Waals surface area contributed by atoms with Gasteiger partial charge in [-0.05, 0) is 118 Å². The van der Waals surface area contributed by atoms with Crippen molar-refractivity contribution in [1.29, 1.82) is 0 Å². The van der Waals surface area contributed by atoms with Gasteiger partial charge in [0, 0.05) is 33.3 Å². The molecule has 58 heavy (non-hydrogen) atoms. The summed E-state index contributed by atoms with van der Waals surface area (Å²) in [4.78, 5) is 2.42. The molecule has 0 amide bonds. The van der Waals surface area contributed by atoms with Gasteiger partial charge in [-0.25, -0.2) is 0 Å². The zero-order valence-electron chi connectivity index (χ0n) is 32.1. The fourth-order valence-corrected chi connectivity index (χ4v) is 9.12. The zero-order valence-corrected chi connectivity index (χ0v) is 32.1. The van der Waals surface area contributed by atoms with E-state index in [2.05, 4.69) is 228 Å². The lowest BCUT2D eigenvalue weighted by atomic mass is 9.89. The molecule has 1 aliphatic carbocycles. The number of aromatic nitrogens is 1. The van der Waals surface area contributed by atoms with Crippen molar-refractivity contribution >= 4 is 55.7 Å². The molecule has 11 rings (SSSR count). The van der Waals surface area contributed by atoms with E-state index in [1.54, 1.807) is 0 Å². The predicted molar refractivity (Wildman–Crippen MR) is 247 cm³/mol. The van der Waals surface area contributed by atoms with Crippen molar-refractivity contribution in [3.05, 3.63) is 223 Å². The second kappa shape index (κ2) is 14.3. The van der Waals surface area contributed by atoms with Crippen LogP contribution in [0.3, 0.4) is 0 Å². The summed E-state index contributed by atoms with van der Waals surface area (Å²) in [6.07, 6.45) is 6.71. The number of allylic oxidation sites excluding steroid dienone is 1. The van der Waals surface area contributed by atoms with Gasteiger partial charge in [-0.2, -0.15) is 0 Å². The molecule has 0 aliphatic heterocycles. The van der Waals surface area contributed by atoms with E-state index in [9.17, 15) is 0 Å². The summed E-state index contributed by atoms with van der Waals surface area (Å²) in [5.74, 6) is 0. The molecule has 1 aromatic heterocycles. The molecule has 10 aromatic rings. The van der Waals surface area contributed by atoms with Crippen LogP contribution in [-0.2, 0) is 6.42 Å². The molecule has 0 radical (unpaired) electrons. The van der Waals surface area contributed by atoms with Crippen LogP contribution in [0.2, 0.25) is 0 Å². The molecule has 9 aromatic carbocycles. The van der Waals surface area contributed by atoms with E-state index in [4.69, 9.17) is 0 Å². The summed E-state index contributed by atoms with van der Waals surface area (Å²) >= 11 is 0. The molecule has 0 atom stereocenters. The first-order valence-corrected chi connectivity index (χ1v) is 20.2. The van der Waals surface area contributed by atoms with E-state index in [1.165, 1.54) is 66.0 Å². The molecule has 0 spiro atoms. The Morgan fingerprint density at radius 3 is 1.84 bits per heavy atom. The minimum atomic E-state index is 1.07. The Balaban J connectivity index is 1.11. The number of rotatable bonds is 7. The molecular weight excluding hydrogens is 701 g/mol. The molecule has 1 heterocycles. The van der Waals surface area contributed by atoms with Gasteiger partial charge in [0.05, 0.1) is 22.4 Å². The van der Waals surface area contributed by atoms with Gasteiger partial charge in [-0.15, -0.1) is 0 Å². The van der Waals surface area contributed by atoms with Crippen LogP contribution in [0, 0.1) is 0 Å². The van der Waals surface area contributed by atoms with E-state index in [0.717, 1.165) is 46.7 Å². The summed E-state index contributed by atoms with van der Waals surface area (Å²) in [7, 11) is 0. The largest absolute Gasteiger partial charge is 0.310 e. The Morgan fingerprint density at radius 1 is 0.414 bits per heavy atom. The average molecular weight is 741 g/mol. The molecule has 2 heteroatoms. The van der Waals surface area contributed by atoms with E-state index < -0.39 is 0 Å². The van der Waals surface area contributed by atoms with Gasteiger partial charge < -0.3 is 9.47 Å². The third kappa shape index (κ3) is 5.81. The summed E-state index contributed by atoms with van der Waals surface area (Å²) in [6.45, 7) is 0. The standard InChI is InChI=1S/C56H40N2/c1-2-19-45(20-3-1)57(46-34-31-41(32-35-46)48-25-14-18-40-16-6-7-21-47(40)48)56-36-33-44(38-52(56)43-30-29-39-15-4-5-17-42(39)37-43)49-22-8-11-26-53(49)58-54-27-12-9-23-50(54)51-24-10-13-28-55(51)58/h1-6,8-20,22-38H,7,21H2. The maximum Gasteiger partial charge on any atom is 0.0541 e. The van der Waals surface area contributed by atoms with Crippen molar-refractivity contribution in [3.8, 4) is 39.1 Å². The second-order valence-corrected chi connectivity index (χ2v) is 15.2. The Hall–Kier alpha value is -7.42. The van der Waals surface area contributed by atoms with E-state index in [0.29, 0.717) is 0 Å². The van der Waals surface area contributed by atoms with E-state index >= 15 is 0 Å². The maximum atomic E-state index is 2.43. The second-order valence-electron chi connectivity index (χ2n) is 15.2. The summed E-state index contributed by atoms with van der Waals surface area (Å²) in [6, 6.07) is 75.6. The van der Waals surface area contributed by atoms with Gasteiger partial charge in [-0.1, -0.05) is 158 Å². The normalized spacial score (nSPS) is 12.3. The third-order valence-electron chi connectivity index (χ3n) is 11.9. The third-order valence-corrected chi connectivity index (χ3v) is 11.9. The fourth-order valence-electron chi connectivity index (χ4n) is 9.12. The first-order chi connectivity index (χ1) is 28.8. The van der Waals surface area contributed by atoms with Gasteiger partial charge >= 0.3 is 0 Å². The monoisotopic (exact) mass is 740 g/mol. The van der Waals surface area contributed by atoms with Crippen molar-refractivity contribution in [1.82, 2.24) is 4.57 Å². The summed E-state index contributed by atoms with van der Waals surface area (Å²) in [5, 5.41) is 4.97. The van der Waals surface area contributed by atoms with Gasteiger partial charge in [0.25, 0.3) is 0 Å². The molecule has 274 valence electrons. The lowest BCUT2D eigenvalue weighted by molar-refractivity contribution is 0.988. The molecule has 0 bridgehead atoms. The number of anilines is 3. The van der Waals surface area contributed by atoms with Gasteiger partial charge in [0.2, 0.25) is 0 Å². The van der Waals surface area contributed by atoms with Crippen LogP contribution in [0.5, 0.6) is 0 Å². The SMILES string of the molecule is C1=Cc2cccc(-c3ccc(N(c4ccccc4)c4ccc(-c5ccccc5-n5c6ccccc6c6ccccc65)cc4-c4ccc5ccccc5c4)cc3)c2CC1. The summed E-state index contributed by atoms with van der Waals surface area (Å²) < 4.78 is 2.43. The molecule has 0 unspecified atom stereocenters. The van der Waals surface area contributed by atoms with Gasteiger partial charge in [0.15, 0.2) is 0 Å². The Kier molecular flexibility index (Phi) is 8.33. The lowest BCUT2D eigenvalue weighted by Gasteiger charge is -2.29. The van der Waals surface area contributed by atoms with Crippen LogP contribution in [0.4, 0.5) is 17.1 Å². The van der Waals surface area contributed by atoms with Crippen molar-refractivity contribution in [2.75, 3.05) is 4.90 Å². The van der Waals surface area contributed by atoms with E-state index in [1.807, 2.05) is 0 Å². The Morgan fingerprint density at radius 2 is 1.03 bits per heavy atom. The number of fused-ring (bicyclic) bond motifs is 5. The summed E-state index contributed by atoms with van der Waals surface area (Å²) in [5.41, 5.74) is 16.9. The smallest absolute Gasteiger partial charge is 0.0541 e. The highest BCUT2D eigenvalue weighted by molar-refractivity contribution is 6.10. The average Bonchev–Trinajstić information content (AvgIpc) is 3.64. The first-order valence-electron chi connectivity index (χ1n) is 20.2. The highest BCUT2D eigenvalue weighted by Gasteiger charge is 2.21. The van der Waals surface area contributed by atoms with Crippen molar-refractivity contribution in [2.24, 2.45) is 0 Å². The first kappa shape index (κ1) is 33.9. The van der Waals surface area contributed by atoms with Crippen LogP contribution in [0.15, 0.2) is 212 Å². The molecule has 0 saturated heterocycles. The minimum absolute atomic E-state index is 1.07. The van der Waals surface area contributed by atoms with Crippen LogP contribution in [0.1, 0.15) is 17.5 Å². The highest BCUT2D eigenvalue weighted by atomic mass is 15.1.